The predicted molar refractivity (Wildman–Crippen MR) is 120 cm³/mol. The van der Waals surface area contributed by atoms with Crippen LogP contribution in [0, 0.1) is 0 Å². The minimum absolute atomic E-state index is 0.193. The van der Waals surface area contributed by atoms with Gasteiger partial charge in [0.05, 0.1) is 11.2 Å². The van der Waals surface area contributed by atoms with E-state index in [4.69, 9.17) is 44.3 Å². The first-order valence-corrected chi connectivity index (χ1v) is 10.0. The number of halogens is 3. The molecule has 0 aliphatic rings. The summed E-state index contributed by atoms with van der Waals surface area (Å²) in [5.74, 6) is 0.718. The van der Waals surface area contributed by atoms with Crippen molar-refractivity contribution in [2.24, 2.45) is 5.10 Å². The predicted octanol–water partition coefficient (Wildman–Crippen LogP) is 5.75. The van der Waals surface area contributed by atoms with E-state index in [9.17, 15) is 4.79 Å². The minimum atomic E-state index is -0.397. The molecule has 0 radical (unpaired) electrons. The number of para-hydroxylation sites is 1. The number of amides is 1. The second-order valence-electron chi connectivity index (χ2n) is 6.11. The van der Waals surface area contributed by atoms with Crippen molar-refractivity contribution in [1.29, 1.82) is 0 Å². The molecule has 0 heterocycles. The van der Waals surface area contributed by atoms with Gasteiger partial charge in [-0.1, -0.05) is 53.0 Å². The summed E-state index contributed by atoms with van der Waals surface area (Å²) in [6, 6.07) is 19.4. The van der Waals surface area contributed by atoms with E-state index >= 15 is 0 Å². The molecule has 1 amide bonds. The third kappa shape index (κ3) is 6.66. The van der Waals surface area contributed by atoms with Crippen molar-refractivity contribution < 1.29 is 14.3 Å². The summed E-state index contributed by atoms with van der Waals surface area (Å²) in [5, 5.41) is 5.48. The highest BCUT2D eigenvalue weighted by Gasteiger charge is 2.05. The molecule has 0 spiro atoms. The van der Waals surface area contributed by atoms with Crippen LogP contribution in [0.3, 0.4) is 0 Å². The van der Waals surface area contributed by atoms with E-state index in [1.807, 2.05) is 18.2 Å². The molecule has 0 atom stereocenters. The standard InChI is InChI=1S/C22H17Cl3N2O3/c23-17-8-7-16(20(25)11-17)13-29-18-9-5-15(6-10-18)12-26-27-22(28)14-30-21-4-2-1-3-19(21)24/h1-12H,13-14H2,(H,27,28)/b26-12-. The lowest BCUT2D eigenvalue weighted by molar-refractivity contribution is -0.123. The molecule has 3 aromatic rings. The van der Waals surface area contributed by atoms with Gasteiger partial charge >= 0.3 is 0 Å². The SMILES string of the molecule is O=C(COc1ccccc1Cl)N/N=C\c1ccc(OCc2ccc(Cl)cc2Cl)cc1. The molecule has 0 saturated heterocycles. The van der Waals surface area contributed by atoms with Crippen LogP contribution in [0.2, 0.25) is 15.1 Å². The van der Waals surface area contributed by atoms with Gasteiger partial charge in [0.2, 0.25) is 0 Å². The molecule has 0 aromatic heterocycles. The van der Waals surface area contributed by atoms with Gasteiger partial charge in [0.15, 0.2) is 6.61 Å². The van der Waals surface area contributed by atoms with Crippen molar-refractivity contribution in [2.75, 3.05) is 6.61 Å². The van der Waals surface area contributed by atoms with Crippen LogP contribution in [0.4, 0.5) is 0 Å². The number of hydrogen-bond donors (Lipinski definition) is 1. The lowest BCUT2D eigenvalue weighted by Gasteiger charge is -2.08. The molecule has 3 aromatic carbocycles. The Kier molecular flexibility index (Phi) is 7.97. The van der Waals surface area contributed by atoms with E-state index in [0.717, 1.165) is 11.1 Å². The summed E-state index contributed by atoms with van der Waals surface area (Å²) in [6.45, 7) is 0.131. The molecule has 0 saturated carbocycles. The maximum absolute atomic E-state index is 11.8. The van der Waals surface area contributed by atoms with Gasteiger partial charge in [0.25, 0.3) is 5.91 Å². The highest BCUT2D eigenvalue weighted by atomic mass is 35.5. The second-order valence-corrected chi connectivity index (χ2v) is 7.36. The number of ether oxygens (including phenoxy) is 2. The second kappa shape index (κ2) is 10.9. The molecule has 30 heavy (non-hydrogen) atoms. The van der Waals surface area contributed by atoms with Crippen molar-refractivity contribution in [3.8, 4) is 11.5 Å². The first-order chi connectivity index (χ1) is 14.5. The Balaban J connectivity index is 1.45. The molecule has 8 heteroatoms. The van der Waals surface area contributed by atoms with Gasteiger partial charge in [-0.15, -0.1) is 0 Å². The van der Waals surface area contributed by atoms with E-state index in [-0.39, 0.29) is 6.61 Å². The Morgan fingerprint density at radius 3 is 2.43 bits per heavy atom. The number of benzene rings is 3. The largest absolute Gasteiger partial charge is 0.489 e. The number of carbonyl (C=O) groups is 1. The Hall–Kier alpha value is -2.73. The number of nitrogens with one attached hydrogen (secondary N) is 1. The van der Waals surface area contributed by atoms with Crippen LogP contribution in [0.15, 0.2) is 71.8 Å². The van der Waals surface area contributed by atoms with Crippen molar-refractivity contribution in [3.05, 3.63) is 92.9 Å². The van der Waals surface area contributed by atoms with Gasteiger partial charge in [-0.05, 0) is 54.1 Å². The van der Waals surface area contributed by atoms with Crippen LogP contribution in [-0.2, 0) is 11.4 Å². The van der Waals surface area contributed by atoms with E-state index in [0.29, 0.717) is 33.2 Å². The number of nitrogens with zero attached hydrogens (tertiary/aromatic N) is 1. The molecular weight excluding hydrogens is 447 g/mol. The fourth-order valence-corrected chi connectivity index (χ4v) is 3.02. The zero-order valence-electron chi connectivity index (χ0n) is 15.6. The van der Waals surface area contributed by atoms with Gasteiger partial charge < -0.3 is 9.47 Å². The number of hydrazone groups is 1. The molecule has 3 rings (SSSR count). The highest BCUT2D eigenvalue weighted by Crippen LogP contribution is 2.23. The molecule has 0 fully saturated rings. The van der Waals surface area contributed by atoms with E-state index in [1.54, 1.807) is 48.5 Å². The summed E-state index contributed by atoms with van der Waals surface area (Å²) in [6.07, 6.45) is 1.52. The van der Waals surface area contributed by atoms with Crippen molar-refractivity contribution in [3.63, 3.8) is 0 Å². The number of hydrogen-bond acceptors (Lipinski definition) is 4. The number of carbonyl (C=O) groups excluding carboxylic acids is 1. The van der Waals surface area contributed by atoms with Gasteiger partial charge in [-0.2, -0.15) is 5.10 Å². The topological polar surface area (TPSA) is 59.9 Å². The van der Waals surface area contributed by atoms with Crippen molar-refractivity contribution in [2.45, 2.75) is 6.61 Å². The zero-order valence-corrected chi connectivity index (χ0v) is 17.9. The third-order valence-corrected chi connectivity index (χ3v) is 4.79. The monoisotopic (exact) mass is 462 g/mol. The van der Waals surface area contributed by atoms with Gasteiger partial charge in [0.1, 0.15) is 18.1 Å². The lowest BCUT2D eigenvalue weighted by Crippen LogP contribution is -2.24. The van der Waals surface area contributed by atoms with Crippen LogP contribution in [0.1, 0.15) is 11.1 Å². The molecule has 154 valence electrons. The molecule has 0 aliphatic carbocycles. The van der Waals surface area contributed by atoms with E-state index in [1.165, 1.54) is 6.21 Å². The van der Waals surface area contributed by atoms with Gasteiger partial charge in [0, 0.05) is 15.6 Å². The highest BCUT2D eigenvalue weighted by molar-refractivity contribution is 6.35. The maximum Gasteiger partial charge on any atom is 0.277 e. The third-order valence-electron chi connectivity index (χ3n) is 3.89. The summed E-state index contributed by atoms with van der Waals surface area (Å²) in [5.41, 5.74) is 4.03. The summed E-state index contributed by atoms with van der Waals surface area (Å²) in [7, 11) is 0. The summed E-state index contributed by atoms with van der Waals surface area (Å²) >= 11 is 18.0. The molecule has 0 bridgehead atoms. The summed E-state index contributed by atoms with van der Waals surface area (Å²) in [4.78, 5) is 11.8. The smallest absolute Gasteiger partial charge is 0.277 e. The summed E-state index contributed by atoms with van der Waals surface area (Å²) < 4.78 is 11.1. The van der Waals surface area contributed by atoms with Crippen LogP contribution in [0.25, 0.3) is 0 Å². The van der Waals surface area contributed by atoms with Crippen molar-refractivity contribution in [1.82, 2.24) is 5.43 Å². The first kappa shape index (κ1) is 22.0. The van der Waals surface area contributed by atoms with Crippen LogP contribution >= 0.6 is 34.8 Å². The number of rotatable bonds is 8. The maximum atomic E-state index is 11.8. The van der Waals surface area contributed by atoms with E-state index in [2.05, 4.69) is 10.5 Å². The molecule has 1 N–H and O–H groups in total. The molecule has 0 aliphatic heterocycles. The molecule has 5 nitrogen and oxygen atoms in total. The molecule has 0 unspecified atom stereocenters. The van der Waals surface area contributed by atoms with Crippen LogP contribution in [0.5, 0.6) is 11.5 Å². The Morgan fingerprint density at radius 1 is 0.933 bits per heavy atom. The van der Waals surface area contributed by atoms with Crippen molar-refractivity contribution >= 4 is 46.9 Å². The zero-order chi connectivity index (χ0) is 21.3. The fourth-order valence-electron chi connectivity index (χ4n) is 2.37. The molecular formula is C22H17Cl3N2O3. The average Bonchev–Trinajstić information content (AvgIpc) is 2.73. The normalized spacial score (nSPS) is 10.8. The quantitative estimate of drug-likeness (QED) is 0.341. The van der Waals surface area contributed by atoms with E-state index < -0.39 is 5.91 Å². The fraction of sp³-hybridized carbons (Fsp3) is 0.0909. The van der Waals surface area contributed by atoms with Crippen LogP contribution in [-0.4, -0.2) is 18.7 Å². The minimum Gasteiger partial charge on any atom is -0.489 e. The lowest BCUT2D eigenvalue weighted by atomic mass is 10.2. The van der Waals surface area contributed by atoms with Crippen LogP contribution < -0.4 is 14.9 Å². The average molecular weight is 464 g/mol. The van der Waals surface area contributed by atoms with Gasteiger partial charge in [-0.25, -0.2) is 5.43 Å². The first-order valence-electron chi connectivity index (χ1n) is 8.87. The van der Waals surface area contributed by atoms with Gasteiger partial charge in [-0.3, -0.25) is 4.79 Å². The Morgan fingerprint density at radius 2 is 1.70 bits per heavy atom. The Labute approximate surface area is 189 Å². The Bertz CT molecular complexity index is 1040.